The lowest BCUT2D eigenvalue weighted by molar-refractivity contribution is -0.722. The largest absolute Gasteiger partial charge is 0.726 e. The highest BCUT2D eigenvalue weighted by Crippen LogP contribution is 2.00. The van der Waals surface area contributed by atoms with Crippen LogP contribution in [0.3, 0.4) is 0 Å². The van der Waals surface area contributed by atoms with Crippen molar-refractivity contribution in [1.29, 1.82) is 0 Å². The maximum atomic E-state index is 10.4. The second-order valence-electron chi connectivity index (χ2n) is 2.86. The molecule has 1 heterocycles. The standard InChI is InChI=1S/C5H9N4O2.CH4O4S/c1-4-6-8(3)5(7(4)2)9(10)11;1-5-6(2,3)4/h1-3H3;1H3,(H,2,3,4)/q+1;/p-1. The Morgan fingerprint density at radius 3 is 2.06 bits per heavy atom. The SMILES string of the molecule is COS(=O)(=O)[O-].Cc1nn(C)c([N+](=O)[O-])[n+]1C. The first-order chi connectivity index (χ1) is 7.60. The highest BCUT2D eigenvalue weighted by atomic mass is 32.3. The van der Waals surface area contributed by atoms with E-state index in [1.807, 2.05) is 0 Å². The van der Waals surface area contributed by atoms with Crippen molar-refractivity contribution < 1.29 is 26.6 Å². The molecule has 0 saturated heterocycles. The molecular formula is C6H12N4O6S. The van der Waals surface area contributed by atoms with Crippen LogP contribution in [0.4, 0.5) is 5.95 Å². The summed E-state index contributed by atoms with van der Waals surface area (Å²) in [7, 11) is -0.446. The Morgan fingerprint density at radius 2 is 1.94 bits per heavy atom. The molecule has 0 N–H and O–H groups in total. The van der Waals surface area contributed by atoms with Gasteiger partial charge in [-0.15, -0.1) is 4.57 Å². The topological polar surface area (TPSA) is 131 Å². The first-order valence-electron chi connectivity index (χ1n) is 4.15. The Labute approximate surface area is 97.5 Å². The van der Waals surface area contributed by atoms with Crippen LogP contribution >= 0.6 is 0 Å². The van der Waals surface area contributed by atoms with Crippen LogP contribution in [0.15, 0.2) is 0 Å². The van der Waals surface area contributed by atoms with Crippen LogP contribution in [0.25, 0.3) is 0 Å². The van der Waals surface area contributed by atoms with Crippen LogP contribution in [0.1, 0.15) is 5.82 Å². The quantitative estimate of drug-likeness (QED) is 0.211. The number of rotatable bonds is 2. The number of aryl methyl sites for hydroxylation is 2. The van der Waals surface area contributed by atoms with Crippen molar-refractivity contribution in [3.05, 3.63) is 15.9 Å². The normalized spacial score (nSPS) is 10.6. The molecule has 0 radical (unpaired) electrons. The van der Waals surface area contributed by atoms with Gasteiger partial charge in [0.05, 0.1) is 12.0 Å². The number of nitro groups is 1. The molecular weight excluding hydrogens is 256 g/mol. The molecule has 10 nitrogen and oxygen atoms in total. The van der Waals surface area contributed by atoms with Gasteiger partial charge in [0.15, 0.2) is 0 Å². The Morgan fingerprint density at radius 1 is 1.53 bits per heavy atom. The molecule has 1 aromatic heterocycles. The van der Waals surface area contributed by atoms with Gasteiger partial charge in [-0.1, -0.05) is 0 Å². The van der Waals surface area contributed by atoms with Gasteiger partial charge in [-0.2, -0.15) is 0 Å². The van der Waals surface area contributed by atoms with E-state index < -0.39 is 15.3 Å². The lowest BCUT2D eigenvalue weighted by atomic mass is 10.7. The molecule has 0 saturated carbocycles. The zero-order valence-corrected chi connectivity index (χ0v) is 10.5. The molecule has 0 aliphatic carbocycles. The first-order valence-corrected chi connectivity index (χ1v) is 5.49. The smallest absolute Gasteiger partial charge is 0.602 e. The van der Waals surface area contributed by atoms with Gasteiger partial charge in [0.1, 0.15) is 14.1 Å². The number of nitrogens with zero attached hydrogens (tertiary/aromatic N) is 4. The lowest BCUT2D eigenvalue weighted by Gasteiger charge is -1.98. The van der Waals surface area contributed by atoms with Gasteiger partial charge in [0.25, 0.3) is 5.82 Å². The zero-order chi connectivity index (χ0) is 13.8. The van der Waals surface area contributed by atoms with E-state index in [2.05, 4.69) is 9.28 Å². The molecule has 0 spiro atoms. The summed E-state index contributed by atoms with van der Waals surface area (Å²) in [5.41, 5.74) is 0. The maximum Gasteiger partial charge on any atom is 0.602 e. The van der Waals surface area contributed by atoms with E-state index in [4.69, 9.17) is 0 Å². The van der Waals surface area contributed by atoms with Crippen molar-refractivity contribution in [2.45, 2.75) is 6.92 Å². The van der Waals surface area contributed by atoms with Crippen LogP contribution in [0.5, 0.6) is 0 Å². The van der Waals surface area contributed by atoms with E-state index in [-0.39, 0.29) is 5.95 Å². The van der Waals surface area contributed by atoms with Crippen molar-refractivity contribution in [1.82, 2.24) is 9.78 Å². The predicted molar refractivity (Wildman–Crippen MR) is 52.5 cm³/mol. The van der Waals surface area contributed by atoms with E-state index in [0.29, 0.717) is 5.82 Å². The molecule has 0 aliphatic heterocycles. The summed E-state index contributed by atoms with van der Waals surface area (Å²) in [5, 5.41) is 14.2. The summed E-state index contributed by atoms with van der Waals surface area (Å²) >= 11 is 0. The molecule has 0 aromatic carbocycles. The second-order valence-corrected chi connectivity index (χ2v) is 4.01. The molecule has 1 rings (SSSR count). The molecule has 1 aromatic rings. The van der Waals surface area contributed by atoms with E-state index in [1.54, 1.807) is 21.0 Å². The second kappa shape index (κ2) is 5.65. The minimum Gasteiger partial charge on any atom is -0.726 e. The minimum absolute atomic E-state index is 0.0116. The van der Waals surface area contributed by atoms with Crippen LogP contribution in [0.2, 0.25) is 0 Å². The lowest BCUT2D eigenvalue weighted by Crippen LogP contribution is -2.32. The van der Waals surface area contributed by atoms with Gasteiger partial charge in [-0.3, -0.25) is 4.18 Å². The van der Waals surface area contributed by atoms with Gasteiger partial charge >= 0.3 is 5.95 Å². The fourth-order valence-electron chi connectivity index (χ4n) is 0.931. The summed E-state index contributed by atoms with van der Waals surface area (Å²) in [4.78, 5) is 9.92. The summed E-state index contributed by atoms with van der Waals surface area (Å²) in [6.07, 6.45) is 0. The van der Waals surface area contributed by atoms with Gasteiger partial charge in [0, 0.05) is 6.92 Å². The van der Waals surface area contributed by atoms with Gasteiger partial charge < -0.3 is 14.7 Å². The fraction of sp³-hybridized carbons (Fsp3) is 0.667. The molecule has 11 heteroatoms. The summed E-state index contributed by atoms with van der Waals surface area (Å²) in [6.45, 7) is 1.72. The maximum absolute atomic E-state index is 10.4. The average molecular weight is 268 g/mol. The van der Waals surface area contributed by atoms with E-state index >= 15 is 0 Å². The monoisotopic (exact) mass is 268 g/mol. The van der Waals surface area contributed by atoms with Crippen molar-refractivity contribution in [2.75, 3.05) is 7.11 Å². The number of hydrogen-bond donors (Lipinski definition) is 0. The zero-order valence-electron chi connectivity index (χ0n) is 9.65. The highest BCUT2D eigenvalue weighted by Gasteiger charge is 2.28. The molecule has 0 fully saturated rings. The van der Waals surface area contributed by atoms with Crippen molar-refractivity contribution in [3.63, 3.8) is 0 Å². The van der Waals surface area contributed by atoms with E-state index in [1.165, 1.54) is 9.25 Å². The van der Waals surface area contributed by atoms with E-state index in [9.17, 15) is 23.1 Å². The van der Waals surface area contributed by atoms with Crippen LogP contribution in [-0.2, 0) is 28.7 Å². The third-order valence-electron chi connectivity index (χ3n) is 1.74. The minimum atomic E-state index is -4.41. The van der Waals surface area contributed by atoms with Crippen molar-refractivity contribution in [2.24, 2.45) is 14.1 Å². The van der Waals surface area contributed by atoms with Crippen LogP contribution in [-0.4, -0.2) is 34.8 Å². The Bertz CT molecular complexity index is 507. The average Bonchev–Trinajstić information content (AvgIpc) is 2.40. The third kappa shape index (κ3) is 4.84. The van der Waals surface area contributed by atoms with Crippen molar-refractivity contribution in [3.8, 4) is 0 Å². The molecule has 0 unspecified atom stereocenters. The summed E-state index contributed by atoms with van der Waals surface area (Å²) in [6, 6.07) is 0. The number of aromatic nitrogens is 3. The number of hydrogen-bond acceptors (Lipinski definition) is 7. The van der Waals surface area contributed by atoms with E-state index in [0.717, 1.165) is 7.11 Å². The third-order valence-corrected chi connectivity index (χ3v) is 2.15. The molecule has 0 aliphatic rings. The van der Waals surface area contributed by atoms with Gasteiger partial charge in [-0.05, 0) is 9.78 Å². The predicted octanol–water partition coefficient (Wildman–Crippen LogP) is -1.45. The Kier molecular flexibility index (Phi) is 5.12. The van der Waals surface area contributed by atoms with Gasteiger partial charge in [0.2, 0.25) is 10.4 Å². The first kappa shape index (κ1) is 15.4. The molecule has 98 valence electrons. The molecule has 0 amide bonds. The van der Waals surface area contributed by atoms with Crippen LogP contribution < -0.4 is 4.57 Å². The fourth-order valence-corrected chi connectivity index (χ4v) is 0.931. The molecule has 17 heavy (non-hydrogen) atoms. The highest BCUT2D eigenvalue weighted by molar-refractivity contribution is 7.80. The van der Waals surface area contributed by atoms with Crippen LogP contribution in [0, 0.1) is 17.0 Å². The summed E-state index contributed by atoms with van der Waals surface area (Å²) in [5.74, 6) is 0.613. The Balaban J connectivity index is 0.000000366. The van der Waals surface area contributed by atoms with Gasteiger partial charge in [-0.25, -0.2) is 8.42 Å². The Hall–Kier alpha value is -1.59. The summed E-state index contributed by atoms with van der Waals surface area (Å²) < 4.78 is 33.7. The molecule has 0 bridgehead atoms. The molecule has 0 atom stereocenters. The van der Waals surface area contributed by atoms with Crippen molar-refractivity contribution >= 4 is 16.3 Å².